The van der Waals surface area contributed by atoms with Crippen molar-refractivity contribution in [2.24, 2.45) is 11.8 Å². The van der Waals surface area contributed by atoms with Crippen molar-refractivity contribution < 1.29 is 4.79 Å². The molecule has 3 unspecified atom stereocenters. The van der Waals surface area contributed by atoms with Crippen LogP contribution in [0, 0.1) is 11.8 Å². The van der Waals surface area contributed by atoms with E-state index >= 15 is 0 Å². The predicted octanol–water partition coefficient (Wildman–Crippen LogP) is 4.31. The second kappa shape index (κ2) is 9.51. The molecule has 1 aromatic carbocycles. The summed E-state index contributed by atoms with van der Waals surface area (Å²) in [4.78, 5) is 14.4. The molecule has 1 heterocycles. The van der Waals surface area contributed by atoms with E-state index < -0.39 is 0 Å². The Kier molecular flexibility index (Phi) is 8.38. The van der Waals surface area contributed by atoms with Crippen LogP contribution in [0.1, 0.15) is 44.7 Å². The number of carbonyl (C=O) groups is 1. The standard InChI is InChI=1S/C18H27ClN2O.ClH/c1-13(16-5-4-10-20-12-16)11-18(22)21(3)14(2)15-6-8-17(19)9-7-15;/h6-9,13-14,16,20H,4-5,10-12H2,1-3H3;1H. The van der Waals surface area contributed by atoms with E-state index in [-0.39, 0.29) is 24.4 Å². The van der Waals surface area contributed by atoms with Gasteiger partial charge in [-0.15, -0.1) is 12.4 Å². The Labute approximate surface area is 151 Å². The van der Waals surface area contributed by atoms with Crippen LogP contribution in [0.2, 0.25) is 5.02 Å². The summed E-state index contributed by atoms with van der Waals surface area (Å²) < 4.78 is 0. The molecule has 0 radical (unpaired) electrons. The maximum atomic E-state index is 12.6. The van der Waals surface area contributed by atoms with Crippen molar-refractivity contribution in [2.75, 3.05) is 20.1 Å². The highest BCUT2D eigenvalue weighted by Gasteiger charge is 2.25. The Morgan fingerprint density at radius 2 is 2.00 bits per heavy atom. The van der Waals surface area contributed by atoms with Gasteiger partial charge in [0.05, 0.1) is 6.04 Å². The van der Waals surface area contributed by atoms with E-state index in [4.69, 9.17) is 11.6 Å². The molecule has 1 amide bonds. The molecule has 0 aliphatic carbocycles. The molecule has 23 heavy (non-hydrogen) atoms. The largest absolute Gasteiger partial charge is 0.339 e. The van der Waals surface area contributed by atoms with Gasteiger partial charge in [-0.05, 0) is 62.4 Å². The summed E-state index contributed by atoms with van der Waals surface area (Å²) in [5, 5.41) is 4.16. The highest BCUT2D eigenvalue weighted by molar-refractivity contribution is 6.30. The Morgan fingerprint density at radius 3 is 2.57 bits per heavy atom. The Morgan fingerprint density at radius 1 is 1.35 bits per heavy atom. The van der Waals surface area contributed by atoms with E-state index in [1.165, 1.54) is 12.8 Å². The van der Waals surface area contributed by atoms with Crippen molar-refractivity contribution in [1.82, 2.24) is 10.2 Å². The fraction of sp³-hybridized carbons (Fsp3) is 0.611. The van der Waals surface area contributed by atoms with E-state index in [2.05, 4.69) is 19.2 Å². The summed E-state index contributed by atoms with van der Waals surface area (Å²) >= 11 is 5.93. The Balaban J connectivity index is 0.00000264. The summed E-state index contributed by atoms with van der Waals surface area (Å²) in [6.45, 7) is 6.43. The van der Waals surface area contributed by atoms with Gasteiger partial charge in [0.2, 0.25) is 5.91 Å². The van der Waals surface area contributed by atoms with Crippen LogP contribution in [-0.2, 0) is 4.79 Å². The monoisotopic (exact) mass is 358 g/mol. The molecule has 1 fully saturated rings. The molecule has 1 aliphatic rings. The third-order valence-corrected chi connectivity index (χ3v) is 5.22. The van der Waals surface area contributed by atoms with E-state index in [1.54, 1.807) is 0 Å². The molecular formula is C18H28Cl2N2O. The van der Waals surface area contributed by atoms with Gasteiger partial charge < -0.3 is 10.2 Å². The lowest BCUT2D eigenvalue weighted by Crippen LogP contribution is -2.36. The van der Waals surface area contributed by atoms with Crippen LogP contribution in [0.4, 0.5) is 0 Å². The van der Waals surface area contributed by atoms with Crippen molar-refractivity contribution in [3.8, 4) is 0 Å². The van der Waals surface area contributed by atoms with Crippen molar-refractivity contribution in [2.45, 2.75) is 39.2 Å². The Bertz CT molecular complexity index is 486. The number of nitrogens with zero attached hydrogens (tertiary/aromatic N) is 1. The number of amides is 1. The average Bonchev–Trinajstić information content (AvgIpc) is 2.55. The summed E-state index contributed by atoms with van der Waals surface area (Å²) in [5.41, 5.74) is 1.12. The molecule has 1 saturated heterocycles. The van der Waals surface area contributed by atoms with E-state index in [9.17, 15) is 4.79 Å². The highest BCUT2D eigenvalue weighted by Crippen LogP contribution is 2.26. The zero-order valence-corrected chi connectivity index (χ0v) is 15.8. The second-order valence-corrected chi connectivity index (χ2v) is 6.96. The maximum absolute atomic E-state index is 12.6. The van der Waals surface area contributed by atoms with Gasteiger partial charge in [0.1, 0.15) is 0 Å². The molecule has 130 valence electrons. The van der Waals surface area contributed by atoms with Crippen LogP contribution in [0.3, 0.4) is 0 Å². The topological polar surface area (TPSA) is 32.3 Å². The molecule has 1 aliphatic heterocycles. The average molecular weight is 359 g/mol. The molecule has 3 nitrogen and oxygen atoms in total. The number of hydrogen-bond donors (Lipinski definition) is 1. The zero-order chi connectivity index (χ0) is 16.1. The van der Waals surface area contributed by atoms with Gasteiger partial charge >= 0.3 is 0 Å². The second-order valence-electron chi connectivity index (χ2n) is 6.52. The van der Waals surface area contributed by atoms with Gasteiger partial charge in [0, 0.05) is 18.5 Å². The minimum atomic E-state index is 0. The SMILES string of the molecule is CC(CC(=O)N(C)C(C)c1ccc(Cl)cc1)C1CCCNC1.Cl. The fourth-order valence-corrected chi connectivity index (χ4v) is 3.26. The summed E-state index contributed by atoms with van der Waals surface area (Å²) in [7, 11) is 1.90. The first-order valence-electron chi connectivity index (χ1n) is 8.21. The van der Waals surface area contributed by atoms with Crippen molar-refractivity contribution >= 4 is 29.9 Å². The van der Waals surface area contributed by atoms with Gasteiger partial charge in [-0.3, -0.25) is 4.79 Å². The van der Waals surface area contributed by atoms with Crippen LogP contribution in [0.25, 0.3) is 0 Å². The summed E-state index contributed by atoms with van der Waals surface area (Å²) in [6, 6.07) is 7.81. The number of halogens is 2. The smallest absolute Gasteiger partial charge is 0.223 e. The number of rotatable bonds is 5. The number of piperidine rings is 1. The van der Waals surface area contributed by atoms with E-state index in [0.717, 1.165) is 23.7 Å². The third-order valence-electron chi connectivity index (χ3n) is 4.96. The van der Waals surface area contributed by atoms with Crippen LogP contribution < -0.4 is 5.32 Å². The normalized spacial score (nSPS) is 20.3. The first-order valence-corrected chi connectivity index (χ1v) is 8.58. The molecule has 5 heteroatoms. The number of hydrogen-bond acceptors (Lipinski definition) is 2. The van der Waals surface area contributed by atoms with Crippen LogP contribution in [0.5, 0.6) is 0 Å². The highest BCUT2D eigenvalue weighted by atomic mass is 35.5. The van der Waals surface area contributed by atoms with E-state index in [1.807, 2.05) is 36.2 Å². The molecule has 1 N–H and O–H groups in total. The summed E-state index contributed by atoms with van der Waals surface area (Å²) in [5.74, 6) is 1.28. The molecule has 1 aromatic rings. The van der Waals surface area contributed by atoms with Crippen LogP contribution in [0.15, 0.2) is 24.3 Å². The lowest BCUT2D eigenvalue weighted by atomic mass is 9.85. The Hall–Kier alpha value is -0.770. The van der Waals surface area contributed by atoms with Gasteiger partial charge in [-0.25, -0.2) is 0 Å². The van der Waals surface area contributed by atoms with Crippen molar-refractivity contribution in [3.63, 3.8) is 0 Å². The molecule has 2 rings (SSSR count). The maximum Gasteiger partial charge on any atom is 0.223 e. The van der Waals surface area contributed by atoms with Gasteiger partial charge in [-0.1, -0.05) is 30.7 Å². The molecule has 3 atom stereocenters. The predicted molar refractivity (Wildman–Crippen MR) is 99.3 cm³/mol. The lowest BCUT2D eigenvalue weighted by Gasteiger charge is -2.31. The fourth-order valence-electron chi connectivity index (χ4n) is 3.13. The molecule has 0 bridgehead atoms. The summed E-state index contributed by atoms with van der Waals surface area (Å²) in [6.07, 6.45) is 3.08. The first kappa shape index (κ1) is 20.3. The van der Waals surface area contributed by atoms with Crippen molar-refractivity contribution in [1.29, 1.82) is 0 Å². The lowest BCUT2D eigenvalue weighted by molar-refractivity contribution is -0.133. The van der Waals surface area contributed by atoms with Crippen molar-refractivity contribution in [3.05, 3.63) is 34.9 Å². The van der Waals surface area contributed by atoms with Crippen LogP contribution >= 0.6 is 24.0 Å². The zero-order valence-electron chi connectivity index (χ0n) is 14.2. The third kappa shape index (κ3) is 5.66. The molecular weight excluding hydrogens is 331 g/mol. The first-order chi connectivity index (χ1) is 10.5. The van der Waals surface area contributed by atoms with Gasteiger partial charge in [0.25, 0.3) is 0 Å². The van der Waals surface area contributed by atoms with Gasteiger partial charge in [0.15, 0.2) is 0 Å². The van der Waals surface area contributed by atoms with E-state index in [0.29, 0.717) is 18.3 Å². The number of carbonyl (C=O) groups excluding carboxylic acids is 1. The minimum Gasteiger partial charge on any atom is -0.339 e. The minimum absolute atomic E-state index is 0. The number of nitrogens with one attached hydrogen (secondary N) is 1. The molecule has 0 saturated carbocycles. The molecule has 0 spiro atoms. The van der Waals surface area contributed by atoms with Gasteiger partial charge in [-0.2, -0.15) is 0 Å². The quantitative estimate of drug-likeness (QED) is 0.850. The van der Waals surface area contributed by atoms with Crippen LogP contribution in [-0.4, -0.2) is 30.9 Å². The molecule has 0 aromatic heterocycles. The number of benzene rings is 1.